The fourth-order valence-electron chi connectivity index (χ4n) is 2.54. The Bertz CT molecular complexity index is 694. The van der Waals surface area contributed by atoms with Crippen molar-refractivity contribution in [2.24, 2.45) is 0 Å². The minimum absolute atomic E-state index is 0.332. The third-order valence-corrected chi connectivity index (χ3v) is 3.98. The van der Waals surface area contributed by atoms with Crippen molar-refractivity contribution >= 4 is 34.9 Å². The van der Waals surface area contributed by atoms with Gasteiger partial charge in [0.15, 0.2) is 0 Å². The van der Waals surface area contributed by atoms with Gasteiger partial charge in [-0.25, -0.2) is 13.6 Å². The van der Waals surface area contributed by atoms with E-state index in [4.69, 9.17) is 21.5 Å². The monoisotopic (exact) mass is 400 g/mol. The molecule has 1 aliphatic carbocycles. The summed E-state index contributed by atoms with van der Waals surface area (Å²) in [6.07, 6.45) is -3.02. The third-order valence-electron chi connectivity index (χ3n) is 3.79. The van der Waals surface area contributed by atoms with Crippen LogP contribution in [0.5, 0.6) is 0 Å². The largest absolute Gasteiger partial charge is 0.490 e. The van der Waals surface area contributed by atoms with Gasteiger partial charge >= 0.3 is 12.1 Å². The molecule has 1 aromatic carbocycles. The number of benzene rings is 1. The van der Waals surface area contributed by atoms with Crippen LogP contribution < -0.4 is 9.80 Å². The standard InChI is InChI=1S/C13H13ClF2N2O.C2HF3O2/c14-12(16)13(19)18-7-6-17(8-4-5-8)11-9(15)2-1-3-10(11)18;3-2(4,5)1(6)7/h1-3,8,12H,4-7H2;(H,6,7). The molecule has 0 radical (unpaired) electrons. The summed E-state index contributed by atoms with van der Waals surface area (Å²) >= 11 is 5.21. The highest BCUT2D eigenvalue weighted by Gasteiger charge is 2.39. The molecule has 0 spiro atoms. The van der Waals surface area contributed by atoms with Crippen molar-refractivity contribution in [3.63, 3.8) is 0 Å². The number of nitrogens with zero attached hydrogens (tertiary/aromatic N) is 2. The molecule has 1 heterocycles. The van der Waals surface area contributed by atoms with Crippen LogP contribution in [0.4, 0.5) is 33.3 Å². The van der Waals surface area contributed by atoms with E-state index in [1.165, 1.54) is 17.0 Å². The molecule has 0 aromatic heterocycles. The van der Waals surface area contributed by atoms with E-state index in [0.717, 1.165) is 12.8 Å². The Kier molecular flexibility index (Phi) is 5.94. The van der Waals surface area contributed by atoms with Crippen molar-refractivity contribution in [3.05, 3.63) is 24.0 Å². The van der Waals surface area contributed by atoms with Crippen molar-refractivity contribution < 1.29 is 36.6 Å². The zero-order chi connectivity index (χ0) is 19.6. The molecule has 1 unspecified atom stereocenters. The summed E-state index contributed by atoms with van der Waals surface area (Å²) < 4.78 is 58.8. The number of anilines is 2. The number of carboxylic acids is 1. The normalized spacial score (nSPS) is 17.8. The summed E-state index contributed by atoms with van der Waals surface area (Å²) in [5.41, 5.74) is -1.29. The van der Waals surface area contributed by atoms with Gasteiger partial charge in [0.25, 0.3) is 11.5 Å². The molecule has 1 amide bonds. The van der Waals surface area contributed by atoms with Gasteiger partial charge < -0.3 is 14.9 Å². The van der Waals surface area contributed by atoms with Crippen molar-refractivity contribution in [1.82, 2.24) is 0 Å². The summed E-state index contributed by atoms with van der Waals surface area (Å²) in [4.78, 5) is 23.8. The second kappa shape index (κ2) is 7.65. The van der Waals surface area contributed by atoms with E-state index in [-0.39, 0.29) is 5.82 Å². The van der Waals surface area contributed by atoms with E-state index in [2.05, 4.69) is 0 Å². The molecule has 5 nitrogen and oxygen atoms in total. The quantitative estimate of drug-likeness (QED) is 0.611. The summed E-state index contributed by atoms with van der Waals surface area (Å²) in [6.45, 7) is 0.840. The van der Waals surface area contributed by atoms with Crippen molar-refractivity contribution in [2.45, 2.75) is 30.7 Å². The Morgan fingerprint density at radius 3 is 2.27 bits per heavy atom. The van der Waals surface area contributed by atoms with Gasteiger partial charge in [0.05, 0.1) is 11.4 Å². The number of rotatable bonds is 2. The van der Waals surface area contributed by atoms with Gasteiger partial charge in [-0.3, -0.25) is 4.79 Å². The van der Waals surface area contributed by atoms with Crippen LogP contribution in [0.1, 0.15) is 12.8 Å². The van der Waals surface area contributed by atoms with Crippen LogP contribution >= 0.6 is 11.6 Å². The lowest BCUT2D eigenvalue weighted by atomic mass is 10.1. The van der Waals surface area contributed by atoms with E-state index in [9.17, 15) is 26.7 Å². The van der Waals surface area contributed by atoms with Crippen LogP contribution in [0.25, 0.3) is 0 Å². The number of amides is 1. The van der Waals surface area contributed by atoms with Crippen molar-refractivity contribution in [1.29, 1.82) is 0 Å². The third kappa shape index (κ3) is 4.54. The first-order chi connectivity index (χ1) is 12.0. The molecule has 1 saturated carbocycles. The molecule has 26 heavy (non-hydrogen) atoms. The summed E-state index contributed by atoms with van der Waals surface area (Å²) in [5, 5.41) is 7.12. The second-order valence-corrected chi connectivity index (χ2v) is 6.01. The topological polar surface area (TPSA) is 60.9 Å². The number of para-hydroxylation sites is 1. The molecule has 1 aromatic rings. The Labute approximate surface area is 149 Å². The molecule has 11 heteroatoms. The Balaban J connectivity index is 0.000000298. The Morgan fingerprint density at radius 1 is 1.23 bits per heavy atom. The van der Waals surface area contributed by atoms with Gasteiger partial charge in [0.2, 0.25) is 0 Å². The molecule has 0 saturated heterocycles. The van der Waals surface area contributed by atoms with E-state index in [0.29, 0.717) is 30.5 Å². The SMILES string of the molecule is O=C(C(F)Cl)N1CCN(C2CC2)c2c(F)cccc21.O=C(O)C(F)(F)F. The predicted octanol–water partition coefficient (Wildman–Crippen LogP) is 3.31. The number of hydrogen-bond donors (Lipinski definition) is 1. The number of carbonyl (C=O) groups excluding carboxylic acids is 1. The Morgan fingerprint density at radius 2 is 1.81 bits per heavy atom. The van der Waals surface area contributed by atoms with E-state index in [1.54, 1.807) is 6.07 Å². The van der Waals surface area contributed by atoms with Crippen LogP contribution in [-0.4, -0.2) is 47.9 Å². The zero-order valence-electron chi connectivity index (χ0n) is 13.1. The molecule has 0 bridgehead atoms. The highest BCUT2D eigenvalue weighted by molar-refractivity contribution is 6.31. The van der Waals surface area contributed by atoms with Crippen LogP contribution in [0.15, 0.2) is 18.2 Å². The van der Waals surface area contributed by atoms with Crippen LogP contribution in [0, 0.1) is 5.82 Å². The van der Waals surface area contributed by atoms with Gasteiger partial charge in [-0.2, -0.15) is 13.2 Å². The minimum atomic E-state index is -5.08. The summed E-state index contributed by atoms with van der Waals surface area (Å²) in [7, 11) is 0. The number of fused-ring (bicyclic) bond motifs is 1. The average molecular weight is 401 g/mol. The van der Waals surface area contributed by atoms with Crippen molar-refractivity contribution in [3.8, 4) is 0 Å². The van der Waals surface area contributed by atoms with Gasteiger partial charge in [-0.1, -0.05) is 17.7 Å². The maximum Gasteiger partial charge on any atom is 0.490 e. The van der Waals surface area contributed by atoms with Crippen LogP contribution in [0.2, 0.25) is 0 Å². The smallest absolute Gasteiger partial charge is 0.475 e. The molecule has 144 valence electrons. The van der Waals surface area contributed by atoms with E-state index >= 15 is 0 Å². The summed E-state index contributed by atoms with van der Waals surface area (Å²) in [6, 6.07) is 4.84. The molecule has 1 N–H and O–H groups in total. The highest BCUT2D eigenvalue weighted by Crippen LogP contribution is 2.41. The Hall–Kier alpha value is -2.10. The van der Waals surface area contributed by atoms with Gasteiger partial charge in [0.1, 0.15) is 5.82 Å². The lowest BCUT2D eigenvalue weighted by Gasteiger charge is -2.38. The molecule has 2 aliphatic rings. The number of aliphatic carboxylic acids is 1. The molecule has 1 fully saturated rings. The van der Waals surface area contributed by atoms with Crippen molar-refractivity contribution in [2.75, 3.05) is 22.9 Å². The number of carbonyl (C=O) groups is 2. The average Bonchev–Trinajstić information content (AvgIpc) is 3.38. The van der Waals surface area contributed by atoms with Gasteiger partial charge in [-0.15, -0.1) is 0 Å². The van der Waals surface area contributed by atoms with Crippen LogP contribution in [-0.2, 0) is 9.59 Å². The molecular weight excluding hydrogens is 387 g/mol. The minimum Gasteiger partial charge on any atom is -0.475 e. The molecule has 1 aliphatic heterocycles. The maximum absolute atomic E-state index is 14.0. The first-order valence-electron chi connectivity index (χ1n) is 7.48. The highest BCUT2D eigenvalue weighted by atomic mass is 35.5. The molecule has 3 rings (SSSR count). The lowest BCUT2D eigenvalue weighted by molar-refractivity contribution is -0.192. The fraction of sp³-hybridized carbons (Fsp3) is 0.467. The van der Waals surface area contributed by atoms with Crippen LogP contribution in [0.3, 0.4) is 0 Å². The van der Waals surface area contributed by atoms with Gasteiger partial charge in [-0.05, 0) is 25.0 Å². The second-order valence-electron chi connectivity index (χ2n) is 5.63. The predicted molar refractivity (Wildman–Crippen MR) is 83.6 cm³/mol. The van der Waals surface area contributed by atoms with E-state index in [1.807, 2.05) is 4.90 Å². The first-order valence-corrected chi connectivity index (χ1v) is 7.92. The number of carboxylic acid groups (broad SMARTS) is 1. The summed E-state index contributed by atoms with van der Waals surface area (Å²) in [5.74, 6) is -3.97. The fourth-order valence-corrected chi connectivity index (χ4v) is 2.66. The molecule has 1 atom stereocenters. The lowest BCUT2D eigenvalue weighted by Crippen LogP contribution is -2.47. The first kappa shape index (κ1) is 20.2. The molecular formula is C15H14ClF5N2O3. The van der Waals surface area contributed by atoms with E-state index < -0.39 is 23.7 Å². The van der Waals surface area contributed by atoms with Gasteiger partial charge in [0, 0.05) is 19.1 Å². The number of hydrogen-bond acceptors (Lipinski definition) is 3. The number of halogens is 6. The zero-order valence-corrected chi connectivity index (χ0v) is 13.9. The number of alkyl halides is 5. The maximum atomic E-state index is 14.0.